The predicted molar refractivity (Wildman–Crippen MR) is 101 cm³/mol. The summed E-state index contributed by atoms with van der Waals surface area (Å²) in [5, 5.41) is 20.3. The van der Waals surface area contributed by atoms with Gasteiger partial charge in [0.1, 0.15) is 17.4 Å². The lowest BCUT2D eigenvalue weighted by Crippen LogP contribution is -2.42. The van der Waals surface area contributed by atoms with Crippen LogP contribution in [0.1, 0.15) is 30.9 Å². The van der Waals surface area contributed by atoms with Crippen LogP contribution in [0.25, 0.3) is 22.7 Å². The van der Waals surface area contributed by atoms with Crippen LogP contribution in [0.4, 0.5) is 19.0 Å². The molecule has 154 valence electrons. The summed E-state index contributed by atoms with van der Waals surface area (Å²) in [6, 6.07) is 1.65. The summed E-state index contributed by atoms with van der Waals surface area (Å²) in [4.78, 5) is 18.0. The monoisotopic (exact) mass is 407 g/mol. The zero-order chi connectivity index (χ0) is 21.0. The number of aryl methyl sites for hydroxylation is 1. The Bertz CT molecular complexity index is 1040. The number of halogens is 3. The molecule has 1 fully saturated rings. The molecule has 3 aromatic rings. The molecule has 3 heterocycles. The second-order valence-electron chi connectivity index (χ2n) is 7.65. The molecular weight excluding hydrogens is 387 g/mol. The number of nitrogens with one attached hydrogen (secondary N) is 1. The summed E-state index contributed by atoms with van der Waals surface area (Å²) in [5.74, 6) is 0.300. The Labute approximate surface area is 164 Å². The van der Waals surface area contributed by atoms with E-state index in [-0.39, 0.29) is 17.0 Å². The number of phenols is 1. The molecule has 1 saturated heterocycles. The zero-order valence-electron chi connectivity index (χ0n) is 15.9. The third kappa shape index (κ3) is 3.71. The number of hydrogen-bond donors (Lipinski definition) is 3. The van der Waals surface area contributed by atoms with E-state index in [4.69, 9.17) is 0 Å². The highest BCUT2D eigenvalue weighted by atomic mass is 19.4. The number of hydrogen-bond acceptors (Lipinski definition) is 6. The first-order chi connectivity index (χ1) is 13.5. The lowest BCUT2D eigenvalue weighted by atomic mass is 9.94. The second kappa shape index (κ2) is 6.58. The van der Waals surface area contributed by atoms with Crippen LogP contribution in [0, 0.1) is 6.92 Å². The van der Waals surface area contributed by atoms with Crippen molar-refractivity contribution < 1.29 is 23.4 Å². The average Bonchev–Trinajstić information content (AvgIpc) is 3.02. The van der Waals surface area contributed by atoms with Gasteiger partial charge in [-0.1, -0.05) is 0 Å². The molecular formula is C19H20F3N5O2. The van der Waals surface area contributed by atoms with E-state index in [0.29, 0.717) is 49.1 Å². The van der Waals surface area contributed by atoms with E-state index in [1.807, 2.05) is 4.90 Å². The highest BCUT2D eigenvalue weighted by Gasteiger charge is 2.32. The Morgan fingerprint density at radius 2 is 1.86 bits per heavy atom. The van der Waals surface area contributed by atoms with Crippen molar-refractivity contribution in [2.75, 3.05) is 18.0 Å². The number of piperidine rings is 1. The van der Waals surface area contributed by atoms with Crippen LogP contribution >= 0.6 is 0 Å². The molecule has 0 unspecified atom stereocenters. The van der Waals surface area contributed by atoms with Crippen molar-refractivity contribution in [3.8, 4) is 17.1 Å². The van der Waals surface area contributed by atoms with Gasteiger partial charge in [0.05, 0.1) is 22.9 Å². The lowest BCUT2D eigenvalue weighted by Gasteiger charge is -2.36. The molecule has 3 N–H and O–H groups in total. The van der Waals surface area contributed by atoms with E-state index in [0.717, 1.165) is 6.07 Å². The fourth-order valence-corrected chi connectivity index (χ4v) is 3.51. The third-order valence-electron chi connectivity index (χ3n) is 5.24. The molecule has 1 aromatic carbocycles. The summed E-state index contributed by atoms with van der Waals surface area (Å²) >= 11 is 0. The van der Waals surface area contributed by atoms with Gasteiger partial charge in [-0.2, -0.15) is 13.2 Å². The number of fused-ring (bicyclic) bond motifs is 1. The van der Waals surface area contributed by atoms with Crippen LogP contribution in [-0.2, 0) is 6.18 Å². The zero-order valence-corrected chi connectivity index (χ0v) is 15.9. The minimum absolute atomic E-state index is 0.174. The smallest absolute Gasteiger partial charge is 0.416 e. The molecule has 1 aliphatic rings. The number of rotatable bonds is 2. The summed E-state index contributed by atoms with van der Waals surface area (Å²) in [7, 11) is 0. The molecule has 10 heteroatoms. The van der Waals surface area contributed by atoms with Gasteiger partial charge in [-0.15, -0.1) is 0 Å². The first-order valence-corrected chi connectivity index (χ1v) is 9.15. The largest absolute Gasteiger partial charge is 0.507 e. The van der Waals surface area contributed by atoms with Crippen molar-refractivity contribution in [3.05, 3.63) is 29.5 Å². The van der Waals surface area contributed by atoms with Crippen molar-refractivity contribution >= 4 is 17.1 Å². The highest BCUT2D eigenvalue weighted by molar-refractivity contribution is 5.77. The Morgan fingerprint density at radius 3 is 2.48 bits per heavy atom. The second-order valence-corrected chi connectivity index (χ2v) is 7.65. The summed E-state index contributed by atoms with van der Waals surface area (Å²) < 4.78 is 38.8. The Kier molecular flexibility index (Phi) is 4.41. The number of aliphatic hydroxyl groups is 1. The van der Waals surface area contributed by atoms with E-state index in [9.17, 15) is 23.4 Å². The van der Waals surface area contributed by atoms with Gasteiger partial charge in [-0.25, -0.2) is 15.0 Å². The fourth-order valence-electron chi connectivity index (χ4n) is 3.51. The number of aromatic nitrogens is 4. The van der Waals surface area contributed by atoms with Crippen molar-refractivity contribution in [2.45, 2.75) is 38.5 Å². The van der Waals surface area contributed by atoms with Gasteiger partial charge in [0.25, 0.3) is 0 Å². The molecule has 0 atom stereocenters. The van der Waals surface area contributed by atoms with Gasteiger partial charge in [0.2, 0.25) is 0 Å². The topological polar surface area (TPSA) is 98.2 Å². The van der Waals surface area contributed by atoms with Crippen LogP contribution in [0.2, 0.25) is 0 Å². The van der Waals surface area contributed by atoms with E-state index in [1.54, 1.807) is 13.1 Å². The van der Waals surface area contributed by atoms with Gasteiger partial charge in [-0.3, -0.25) is 0 Å². The first kappa shape index (κ1) is 19.4. The molecule has 0 amide bonds. The molecule has 2 aromatic heterocycles. The Morgan fingerprint density at radius 1 is 1.17 bits per heavy atom. The standard InChI is InChI=1S/C19H20F3N5O2/c1-10-7-11(19(20,21)22)8-12(28)14(10)15-25-16-17(26-15)24-13(9-23-16)27-5-3-18(2,29)4-6-27/h7-9,28-29H,3-6H2,1-2H3,(H,23,24,25,26). The Balaban J connectivity index is 1.68. The maximum atomic E-state index is 12.9. The number of imidazole rings is 1. The molecule has 0 aliphatic carbocycles. The molecule has 4 rings (SSSR count). The van der Waals surface area contributed by atoms with Gasteiger partial charge >= 0.3 is 6.18 Å². The average molecular weight is 407 g/mol. The lowest BCUT2D eigenvalue weighted by molar-refractivity contribution is -0.137. The first-order valence-electron chi connectivity index (χ1n) is 9.15. The van der Waals surface area contributed by atoms with Gasteiger partial charge in [0.15, 0.2) is 11.3 Å². The number of aromatic amines is 1. The van der Waals surface area contributed by atoms with Gasteiger partial charge in [0, 0.05) is 13.1 Å². The van der Waals surface area contributed by atoms with Crippen molar-refractivity contribution in [2.24, 2.45) is 0 Å². The summed E-state index contributed by atoms with van der Waals surface area (Å²) in [5.41, 5.74) is -0.539. The number of nitrogens with zero attached hydrogens (tertiary/aromatic N) is 4. The van der Waals surface area contributed by atoms with Crippen LogP contribution in [-0.4, -0.2) is 48.8 Å². The summed E-state index contributed by atoms with van der Waals surface area (Å²) in [6.07, 6.45) is -1.75. The van der Waals surface area contributed by atoms with Crippen LogP contribution in [0.5, 0.6) is 5.75 Å². The predicted octanol–water partition coefficient (Wildman–Crippen LogP) is 3.40. The molecule has 29 heavy (non-hydrogen) atoms. The van der Waals surface area contributed by atoms with E-state index >= 15 is 0 Å². The number of phenolic OH excluding ortho intramolecular Hbond substituents is 1. The minimum Gasteiger partial charge on any atom is -0.507 e. The quantitative estimate of drug-likeness (QED) is 0.602. The molecule has 0 radical (unpaired) electrons. The van der Waals surface area contributed by atoms with Crippen molar-refractivity contribution in [1.82, 2.24) is 19.9 Å². The molecule has 0 spiro atoms. The SMILES string of the molecule is Cc1cc(C(F)(F)F)cc(O)c1-c1nc2ncc(N3CCC(C)(O)CC3)nc2[nH]1. The van der Waals surface area contributed by atoms with Gasteiger partial charge in [-0.05, 0) is 44.4 Å². The summed E-state index contributed by atoms with van der Waals surface area (Å²) in [6.45, 7) is 4.54. The number of H-pyrrole nitrogens is 1. The maximum Gasteiger partial charge on any atom is 0.416 e. The van der Waals surface area contributed by atoms with Crippen LogP contribution in [0.3, 0.4) is 0 Å². The normalized spacial score (nSPS) is 17.1. The highest BCUT2D eigenvalue weighted by Crippen LogP contribution is 2.38. The van der Waals surface area contributed by atoms with E-state index in [2.05, 4.69) is 19.9 Å². The number of aromatic hydroxyl groups is 1. The number of anilines is 1. The molecule has 1 aliphatic heterocycles. The minimum atomic E-state index is -4.55. The van der Waals surface area contributed by atoms with Crippen LogP contribution < -0.4 is 4.90 Å². The van der Waals surface area contributed by atoms with E-state index in [1.165, 1.54) is 6.92 Å². The number of alkyl halides is 3. The van der Waals surface area contributed by atoms with Gasteiger partial charge < -0.3 is 20.1 Å². The van der Waals surface area contributed by atoms with E-state index < -0.39 is 23.1 Å². The Hall–Kier alpha value is -2.88. The number of benzene rings is 1. The molecule has 0 bridgehead atoms. The third-order valence-corrected chi connectivity index (χ3v) is 5.24. The fraction of sp³-hybridized carbons (Fsp3) is 0.421. The van der Waals surface area contributed by atoms with Crippen molar-refractivity contribution in [1.29, 1.82) is 0 Å². The maximum absolute atomic E-state index is 12.9. The van der Waals surface area contributed by atoms with Crippen molar-refractivity contribution in [3.63, 3.8) is 0 Å². The molecule has 0 saturated carbocycles. The van der Waals surface area contributed by atoms with Crippen LogP contribution in [0.15, 0.2) is 18.3 Å². The molecule has 7 nitrogen and oxygen atoms in total.